The number of hydrogen-bond donors (Lipinski definition) is 2. The number of fused-ring (bicyclic) bond motifs is 1. The van der Waals surface area contributed by atoms with Gasteiger partial charge in [-0.3, -0.25) is 14.5 Å². The van der Waals surface area contributed by atoms with Gasteiger partial charge in [0.05, 0.1) is 11.4 Å². The van der Waals surface area contributed by atoms with E-state index >= 15 is 0 Å². The molecule has 1 aliphatic heterocycles. The minimum Gasteiger partial charge on any atom is -0.353 e. The average Bonchev–Trinajstić information content (AvgIpc) is 2.81. The second-order valence-corrected chi connectivity index (χ2v) is 8.34. The fourth-order valence-electron chi connectivity index (χ4n) is 3.42. The largest absolute Gasteiger partial charge is 0.353 e. The van der Waals surface area contributed by atoms with Gasteiger partial charge >= 0.3 is 0 Å². The fourth-order valence-corrected chi connectivity index (χ4v) is 4.67. The molecular weight excluding hydrogens is 338 g/mol. The predicted molar refractivity (Wildman–Crippen MR) is 97.0 cm³/mol. The van der Waals surface area contributed by atoms with E-state index in [2.05, 4.69) is 15.0 Å². The number of amidine groups is 1. The van der Waals surface area contributed by atoms with Crippen LogP contribution in [-0.2, 0) is 14.8 Å². The number of carbonyl (C=O) groups is 1. The van der Waals surface area contributed by atoms with Crippen LogP contribution in [0.3, 0.4) is 0 Å². The maximum atomic E-state index is 12.1. The zero-order chi connectivity index (χ0) is 17.7. The summed E-state index contributed by atoms with van der Waals surface area (Å²) in [5.41, 5.74) is 0.572. The summed E-state index contributed by atoms with van der Waals surface area (Å²) in [5, 5.41) is 3.10. The van der Waals surface area contributed by atoms with Crippen LogP contribution in [0.4, 0.5) is 0 Å². The summed E-state index contributed by atoms with van der Waals surface area (Å²) in [6.45, 7) is 0.269. The van der Waals surface area contributed by atoms with Gasteiger partial charge in [-0.25, -0.2) is 8.42 Å². The van der Waals surface area contributed by atoms with Crippen molar-refractivity contribution in [2.45, 2.75) is 62.3 Å². The first kappa shape index (κ1) is 17.9. The summed E-state index contributed by atoms with van der Waals surface area (Å²) in [6, 6.07) is 7.01. The van der Waals surface area contributed by atoms with E-state index in [9.17, 15) is 13.2 Å². The van der Waals surface area contributed by atoms with Crippen LogP contribution in [-0.4, -0.2) is 32.7 Å². The number of nitrogens with one attached hydrogen (secondary N) is 2. The first-order valence-electron chi connectivity index (χ1n) is 9.02. The van der Waals surface area contributed by atoms with E-state index in [-0.39, 0.29) is 29.8 Å². The highest BCUT2D eigenvalue weighted by molar-refractivity contribution is 7.90. The number of hydrogen-bond acceptors (Lipinski definition) is 4. The molecular formula is C18H25N3O3S. The Morgan fingerprint density at radius 1 is 1.12 bits per heavy atom. The first-order valence-corrected chi connectivity index (χ1v) is 10.5. The molecule has 0 bridgehead atoms. The van der Waals surface area contributed by atoms with E-state index in [1.54, 1.807) is 24.3 Å². The van der Waals surface area contributed by atoms with Gasteiger partial charge in [-0.1, -0.05) is 44.2 Å². The van der Waals surface area contributed by atoms with Gasteiger partial charge in [0.25, 0.3) is 10.0 Å². The lowest BCUT2D eigenvalue weighted by Crippen LogP contribution is -2.35. The number of aliphatic imine (C=N–C) groups is 1. The molecule has 1 fully saturated rings. The molecule has 2 aliphatic rings. The first-order chi connectivity index (χ1) is 12.1. The van der Waals surface area contributed by atoms with Gasteiger partial charge in [-0.15, -0.1) is 0 Å². The molecule has 1 amide bonds. The molecule has 0 atom stereocenters. The van der Waals surface area contributed by atoms with Crippen LogP contribution in [0.2, 0.25) is 0 Å². The molecule has 25 heavy (non-hydrogen) atoms. The van der Waals surface area contributed by atoms with E-state index in [0.717, 1.165) is 12.8 Å². The third-order valence-corrected chi connectivity index (χ3v) is 6.14. The quantitative estimate of drug-likeness (QED) is 0.861. The van der Waals surface area contributed by atoms with Crippen molar-refractivity contribution in [2.24, 2.45) is 4.99 Å². The number of benzene rings is 1. The highest BCUT2D eigenvalue weighted by Gasteiger charge is 2.29. The van der Waals surface area contributed by atoms with Gasteiger partial charge in [-0.2, -0.15) is 0 Å². The minimum atomic E-state index is -3.52. The number of sulfonamides is 1. The van der Waals surface area contributed by atoms with E-state index in [0.29, 0.717) is 11.4 Å². The van der Waals surface area contributed by atoms with Gasteiger partial charge < -0.3 is 5.32 Å². The molecule has 0 radical (unpaired) electrons. The Labute approximate surface area is 149 Å². The predicted octanol–water partition coefficient (Wildman–Crippen LogP) is 2.34. The SMILES string of the molecule is O=C(CCN=C1NS(=O)(=O)c2ccccc21)NC1CCCCCCC1. The molecule has 2 N–H and O–H groups in total. The number of amides is 1. The number of rotatable bonds is 4. The van der Waals surface area contributed by atoms with E-state index < -0.39 is 10.0 Å². The molecule has 1 aliphatic carbocycles. The topological polar surface area (TPSA) is 87.6 Å². The number of carbonyl (C=O) groups excluding carboxylic acids is 1. The molecule has 0 saturated heterocycles. The third-order valence-electron chi connectivity index (χ3n) is 4.74. The van der Waals surface area contributed by atoms with E-state index in [4.69, 9.17) is 0 Å². The monoisotopic (exact) mass is 363 g/mol. The van der Waals surface area contributed by atoms with Crippen molar-refractivity contribution in [3.63, 3.8) is 0 Å². The fraction of sp³-hybridized carbons (Fsp3) is 0.556. The Morgan fingerprint density at radius 2 is 1.80 bits per heavy atom. The minimum absolute atomic E-state index is 0.0101. The molecule has 6 nitrogen and oxygen atoms in total. The Balaban J connectivity index is 1.54. The lowest BCUT2D eigenvalue weighted by molar-refractivity contribution is -0.121. The molecule has 0 unspecified atom stereocenters. The lowest BCUT2D eigenvalue weighted by atomic mass is 9.96. The van der Waals surface area contributed by atoms with Crippen LogP contribution in [0.25, 0.3) is 0 Å². The van der Waals surface area contributed by atoms with Crippen molar-refractivity contribution in [1.29, 1.82) is 0 Å². The maximum Gasteiger partial charge on any atom is 0.263 e. The molecule has 1 aromatic carbocycles. The van der Waals surface area contributed by atoms with Crippen LogP contribution >= 0.6 is 0 Å². The lowest BCUT2D eigenvalue weighted by Gasteiger charge is -2.20. The normalized spacial score (nSPS) is 21.8. The van der Waals surface area contributed by atoms with Crippen LogP contribution in [0.5, 0.6) is 0 Å². The zero-order valence-corrected chi connectivity index (χ0v) is 15.1. The smallest absolute Gasteiger partial charge is 0.263 e. The molecule has 3 rings (SSSR count). The molecule has 0 aromatic heterocycles. The van der Waals surface area contributed by atoms with Gasteiger partial charge in [0.15, 0.2) is 0 Å². The van der Waals surface area contributed by atoms with Crippen molar-refractivity contribution in [3.8, 4) is 0 Å². The van der Waals surface area contributed by atoms with Crippen molar-refractivity contribution in [2.75, 3.05) is 6.54 Å². The maximum absolute atomic E-state index is 12.1. The standard InChI is InChI=1S/C18H25N3O3S/c22-17(20-14-8-4-2-1-3-5-9-14)12-13-19-18-15-10-6-7-11-16(15)25(23,24)21-18/h6-7,10-11,14H,1-5,8-9,12-13H2,(H,19,21)(H,20,22). The Hall–Kier alpha value is -1.89. The summed E-state index contributed by atoms with van der Waals surface area (Å²) in [7, 11) is -3.52. The summed E-state index contributed by atoms with van der Waals surface area (Å²) in [6.07, 6.45) is 8.51. The Kier molecular flexibility index (Phi) is 5.73. The van der Waals surface area contributed by atoms with Crippen molar-refractivity contribution in [1.82, 2.24) is 10.0 Å². The van der Waals surface area contributed by atoms with Gasteiger partial charge in [0.2, 0.25) is 5.91 Å². The summed E-state index contributed by atoms with van der Waals surface area (Å²) in [4.78, 5) is 16.7. The van der Waals surface area contributed by atoms with Crippen LogP contribution in [0.15, 0.2) is 34.2 Å². The molecule has 0 spiro atoms. The molecule has 1 aromatic rings. The average molecular weight is 363 g/mol. The van der Waals surface area contributed by atoms with Crippen LogP contribution in [0, 0.1) is 0 Å². The van der Waals surface area contributed by atoms with Gasteiger partial charge in [-0.05, 0) is 25.0 Å². The van der Waals surface area contributed by atoms with Gasteiger partial charge in [0.1, 0.15) is 5.84 Å². The molecule has 7 heteroatoms. The summed E-state index contributed by atoms with van der Waals surface area (Å²) in [5.74, 6) is 0.318. The van der Waals surface area contributed by atoms with Crippen LogP contribution < -0.4 is 10.0 Å². The second-order valence-electron chi connectivity index (χ2n) is 6.69. The van der Waals surface area contributed by atoms with Crippen molar-refractivity contribution >= 4 is 21.8 Å². The Morgan fingerprint density at radius 3 is 2.56 bits per heavy atom. The van der Waals surface area contributed by atoms with Gasteiger partial charge in [0, 0.05) is 18.0 Å². The van der Waals surface area contributed by atoms with Crippen molar-refractivity contribution < 1.29 is 13.2 Å². The van der Waals surface area contributed by atoms with E-state index in [1.807, 2.05) is 0 Å². The second kappa shape index (κ2) is 7.99. The summed E-state index contributed by atoms with van der Waals surface area (Å²) >= 11 is 0. The highest BCUT2D eigenvalue weighted by atomic mass is 32.2. The number of nitrogens with zero attached hydrogens (tertiary/aromatic N) is 1. The molecule has 1 saturated carbocycles. The zero-order valence-electron chi connectivity index (χ0n) is 14.3. The summed E-state index contributed by atoms with van der Waals surface area (Å²) < 4.78 is 26.5. The molecule has 1 heterocycles. The molecule has 136 valence electrons. The van der Waals surface area contributed by atoms with Crippen molar-refractivity contribution in [3.05, 3.63) is 29.8 Å². The third kappa shape index (κ3) is 4.60. The van der Waals surface area contributed by atoms with E-state index in [1.165, 1.54) is 32.1 Å². The highest BCUT2D eigenvalue weighted by Crippen LogP contribution is 2.22. The Bertz CT molecular complexity index is 751. The van der Waals surface area contributed by atoms with Crippen LogP contribution in [0.1, 0.15) is 56.9 Å².